The third-order valence-corrected chi connectivity index (χ3v) is 6.67. The Bertz CT molecular complexity index is 870. The maximum absolute atomic E-state index is 3.71. The van der Waals surface area contributed by atoms with Gasteiger partial charge in [0.05, 0.1) is 0 Å². The van der Waals surface area contributed by atoms with E-state index in [1.807, 2.05) is 0 Å². The molecule has 3 aliphatic rings. The van der Waals surface area contributed by atoms with E-state index in [0.717, 1.165) is 18.4 Å². The zero-order chi connectivity index (χ0) is 16.8. The van der Waals surface area contributed by atoms with Crippen LogP contribution >= 0.6 is 0 Å². The van der Waals surface area contributed by atoms with E-state index in [2.05, 4.69) is 71.5 Å². The van der Waals surface area contributed by atoms with E-state index in [1.165, 1.54) is 53.4 Å². The SMILES string of the molecule is CN1C2CCC(CC2)C1Cc1c(-c2ccccc2)[nH]c2ccccc12. The molecule has 1 aliphatic carbocycles. The van der Waals surface area contributed by atoms with Crippen molar-refractivity contribution >= 4 is 10.9 Å². The van der Waals surface area contributed by atoms with E-state index in [4.69, 9.17) is 0 Å². The summed E-state index contributed by atoms with van der Waals surface area (Å²) in [6.45, 7) is 0. The largest absolute Gasteiger partial charge is 0.354 e. The Morgan fingerprint density at radius 1 is 0.920 bits per heavy atom. The predicted octanol–water partition coefficient (Wildman–Crippen LogP) is 5.25. The summed E-state index contributed by atoms with van der Waals surface area (Å²) in [7, 11) is 2.36. The van der Waals surface area contributed by atoms with Crippen LogP contribution in [0.5, 0.6) is 0 Å². The molecule has 25 heavy (non-hydrogen) atoms. The van der Waals surface area contributed by atoms with Crippen molar-refractivity contribution in [1.29, 1.82) is 0 Å². The normalized spacial score (nSPS) is 26.4. The molecule has 1 atom stereocenters. The number of aromatic nitrogens is 1. The lowest BCUT2D eigenvalue weighted by molar-refractivity contribution is 0.00914. The number of aromatic amines is 1. The molecule has 2 bridgehead atoms. The molecule has 1 saturated carbocycles. The molecule has 128 valence electrons. The summed E-state index contributed by atoms with van der Waals surface area (Å²) >= 11 is 0. The molecule has 0 radical (unpaired) electrons. The number of fused-ring (bicyclic) bond motifs is 4. The minimum atomic E-state index is 0.689. The summed E-state index contributed by atoms with van der Waals surface area (Å²) in [4.78, 5) is 6.40. The van der Waals surface area contributed by atoms with Crippen LogP contribution in [-0.2, 0) is 6.42 Å². The van der Waals surface area contributed by atoms with Crippen molar-refractivity contribution in [3.8, 4) is 11.3 Å². The average Bonchev–Trinajstić information content (AvgIpc) is 3.04. The van der Waals surface area contributed by atoms with Crippen LogP contribution in [0.3, 0.4) is 0 Å². The van der Waals surface area contributed by atoms with Crippen molar-refractivity contribution in [2.75, 3.05) is 7.05 Å². The molecule has 1 unspecified atom stereocenters. The molecule has 3 fully saturated rings. The summed E-state index contributed by atoms with van der Waals surface area (Å²) in [5.41, 5.74) is 5.39. The molecular formula is C23H26N2. The highest BCUT2D eigenvalue weighted by atomic mass is 15.2. The van der Waals surface area contributed by atoms with Gasteiger partial charge in [-0.05, 0) is 62.3 Å². The summed E-state index contributed by atoms with van der Waals surface area (Å²) in [5.74, 6) is 0.868. The number of H-pyrrole nitrogens is 1. The lowest BCUT2D eigenvalue weighted by Gasteiger charge is -2.50. The van der Waals surface area contributed by atoms with Crippen molar-refractivity contribution in [3.63, 3.8) is 0 Å². The average molecular weight is 330 g/mol. The first kappa shape index (κ1) is 15.2. The molecule has 2 aromatic carbocycles. The maximum atomic E-state index is 3.71. The molecule has 3 aromatic rings. The van der Waals surface area contributed by atoms with Gasteiger partial charge in [0, 0.05) is 28.7 Å². The highest BCUT2D eigenvalue weighted by Crippen LogP contribution is 2.41. The van der Waals surface area contributed by atoms with Crippen LogP contribution in [0.4, 0.5) is 0 Å². The van der Waals surface area contributed by atoms with Crippen LogP contribution in [0.2, 0.25) is 0 Å². The van der Waals surface area contributed by atoms with Crippen molar-refractivity contribution in [2.24, 2.45) is 5.92 Å². The highest BCUT2D eigenvalue weighted by Gasteiger charge is 2.40. The molecule has 2 nitrogen and oxygen atoms in total. The monoisotopic (exact) mass is 330 g/mol. The second-order valence-electron chi connectivity index (χ2n) is 7.90. The molecule has 0 spiro atoms. The lowest BCUT2D eigenvalue weighted by atomic mass is 9.73. The van der Waals surface area contributed by atoms with Gasteiger partial charge in [-0.25, -0.2) is 0 Å². The number of piperidine rings is 2. The first-order valence-electron chi connectivity index (χ1n) is 9.68. The van der Waals surface area contributed by atoms with E-state index in [9.17, 15) is 0 Å². The zero-order valence-corrected chi connectivity index (χ0v) is 14.9. The van der Waals surface area contributed by atoms with Gasteiger partial charge in [-0.3, -0.25) is 4.90 Å². The highest BCUT2D eigenvalue weighted by molar-refractivity contribution is 5.90. The predicted molar refractivity (Wildman–Crippen MR) is 105 cm³/mol. The molecule has 2 aliphatic heterocycles. The van der Waals surface area contributed by atoms with Gasteiger partial charge in [-0.2, -0.15) is 0 Å². The van der Waals surface area contributed by atoms with Crippen LogP contribution in [-0.4, -0.2) is 29.0 Å². The van der Waals surface area contributed by atoms with Gasteiger partial charge in [0.25, 0.3) is 0 Å². The van der Waals surface area contributed by atoms with E-state index in [-0.39, 0.29) is 0 Å². The summed E-state index contributed by atoms with van der Waals surface area (Å²) < 4.78 is 0. The van der Waals surface area contributed by atoms with Gasteiger partial charge in [-0.15, -0.1) is 0 Å². The third kappa shape index (κ3) is 2.51. The van der Waals surface area contributed by atoms with Gasteiger partial charge in [0.15, 0.2) is 0 Å². The Balaban J connectivity index is 1.60. The quantitative estimate of drug-likeness (QED) is 0.695. The number of hydrogen-bond acceptors (Lipinski definition) is 1. The van der Waals surface area contributed by atoms with Gasteiger partial charge in [0.2, 0.25) is 0 Å². The van der Waals surface area contributed by atoms with Gasteiger partial charge in [-0.1, -0.05) is 48.5 Å². The molecular weight excluding hydrogens is 304 g/mol. The van der Waals surface area contributed by atoms with Crippen LogP contribution < -0.4 is 0 Å². The topological polar surface area (TPSA) is 19.0 Å². The van der Waals surface area contributed by atoms with Crippen molar-refractivity contribution < 1.29 is 0 Å². The number of hydrogen-bond donors (Lipinski definition) is 1. The van der Waals surface area contributed by atoms with Crippen LogP contribution in [0, 0.1) is 5.92 Å². The standard InChI is InChI=1S/C23H26N2/c1-25-18-13-11-16(12-14-18)22(25)15-20-19-9-5-6-10-21(19)24-23(20)17-7-3-2-4-8-17/h2-10,16,18,22,24H,11-15H2,1H3. The first-order chi connectivity index (χ1) is 12.3. The maximum Gasteiger partial charge on any atom is 0.0497 e. The molecule has 2 heteroatoms. The number of benzene rings is 2. The Labute approximate surface area is 149 Å². The Kier molecular flexibility index (Phi) is 3.67. The van der Waals surface area contributed by atoms with Crippen molar-refractivity contribution in [3.05, 3.63) is 60.2 Å². The van der Waals surface area contributed by atoms with Crippen LogP contribution in [0.15, 0.2) is 54.6 Å². The van der Waals surface area contributed by atoms with Crippen LogP contribution in [0.1, 0.15) is 31.2 Å². The molecule has 2 saturated heterocycles. The number of para-hydroxylation sites is 1. The minimum Gasteiger partial charge on any atom is -0.354 e. The number of rotatable bonds is 3. The third-order valence-electron chi connectivity index (χ3n) is 6.67. The lowest BCUT2D eigenvalue weighted by Crippen LogP contribution is -2.53. The zero-order valence-electron chi connectivity index (χ0n) is 14.9. The van der Waals surface area contributed by atoms with Crippen molar-refractivity contribution in [1.82, 2.24) is 9.88 Å². The smallest absolute Gasteiger partial charge is 0.0497 e. The number of nitrogens with zero attached hydrogens (tertiary/aromatic N) is 1. The molecule has 1 N–H and O–H groups in total. The fourth-order valence-electron chi connectivity index (χ4n) is 5.28. The molecule has 1 aromatic heterocycles. The summed E-state index contributed by atoms with van der Waals surface area (Å²) in [5, 5.41) is 1.40. The number of nitrogens with one attached hydrogen (secondary N) is 1. The van der Waals surface area contributed by atoms with E-state index in [1.54, 1.807) is 0 Å². The summed E-state index contributed by atoms with van der Waals surface area (Å²) in [6, 6.07) is 21.1. The van der Waals surface area contributed by atoms with Gasteiger partial charge < -0.3 is 4.98 Å². The van der Waals surface area contributed by atoms with E-state index >= 15 is 0 Å². The van der Waals surface area contributed by atoms with Crippen LogP contribution in [0.25, 0.3) is 22.2 Å². The van der Waals surface area contributed by atoms with Crippen molar-refractivity contribution in [2.45, 2.75) is 44.2 Å². The first-order valence-corrected chi connectivity index (χ1v) is 9.68. The summed E-state index contributed by atoms with van der Waals surface area (Å²) in [6.07, 6.45) is 6.80. The van der Waals surface area contributed by atoms with Gasteiger partial charge >= 0.3 is 0 Å². The molecule has 6 rings (SSSR count). The Hall–Kier alpha value is -2.06. The Morgan fingerprint density at radius 3 is 2.40 bits per heavy atom. The van der Waals surface area contributed by atoms with E-state index < -0.39 is 0 Å². The van der Waals surface area contributed by atoms with E-state index in [0.29, 0.717) is 6.04 Å². The number of likely N-dealkylation sites (N-methyl/N-ethyl adjacent to an activating group) is 1. The molecule has 3 heterocycles. The van der Waals surface area contributed by atoms with Gasteiger partial charge in [0.1, 0.15) is 0 Å². The molecule has 0 amide bonds. The Morgan fingerprint density at radius 2 is 1.64 bits per heavy atom. The minimum absolute atomic E-state index is 0.689. The second kappa shape index (κ2) is 6.03. The second-order valence-corrected chi connectivity index (χ2v) is 7.90. The fraction of sp³-hybridized carbons (Fsp3) is 0.391. The fourth-order valence-corrected chi connectivity index (χ4v) is 5.28.